The summed E-state index contributed by atoms with van der Waals surface area (Å²) in [6, 6.07) is 10.5. The second-order valence-electron chi connectivity index (χ2n) is 5.27. The molecule has 1 heterocycles. The normalized spacial score (nSPS) is 10.5. The molecule has 0 bridgehead atoms. The minimum Gasteiger partial charge on any atom is -0.506 e. The van der Waals surface area contributed by atoms with Crippen molar-refractivity contribution in [3.05, 3.63) is 69.2 Å². The lowest BCUT2D eigenvalue weighted by atomic mass is 10.2. The van der Waals surface area contributed by atoms with E-state index in [1.54, 1.807) is 12.1 Å². The summed E-state index contributed by atoms with van der Waals surface area (Å²) in [5.41, 5.74) is 1.03. The number of para-hydroxylation sites is 2. The van der Waals surface area contributed by atoms with E-state index in [-0.39, 0.29) is 22.7 Å². The fourth-order valence-corrected chi connectivity index (χ4v) is 4.01. The third-order valence-electron chi connectivity index (χ3n) is 3.37. The number of nitrogens with one attached hydrogen (secondary N) is 1. The zero-order valence-electron chi connectivity index (χ0n) is 13.5. The molecule has 0 saturated heterocycles. The van der Waals surface area contributed by atoms with Gasteiger partial charge >= 0.3 is 0 Å². The minimum atomic E-state index is -0.545. The number of carbonyl (C=O) groups is 1. The maximum absolute atomic E-state index is 12.4. The highest BCUT2D eigenvalue weighted by atomic mass is 32.2. The lowest BCUT2D eigenvalue weighted by Crippen LogP contribution is -2.12. The van der Waals surface area contributed by atoms with E-state index in [0.29, 0.717) is 9.24 Å². The van der Waals surface area contributed by atoms with Crippen LogP contribution in [0.1, 0.15) is 16.1 Å². The van der Waals surface area contributed by atoms with Crippen molar-refractivity contribution in [1.29, 1.82) is 0 Å². The number of nitro groups is 1. The molecule has 0 atom stereocenters. The predicted octanol–water partition coefficient (Wildman–Crippen LogP) is 4.47. The van der Waals surface area contributed by atoms with Crippen LogP contribution < -0.4 is 5.32 Å². The SMILES string of the molecule is Cc1csc(Sc2ccc(C(=O)Nc3ccccc3O)cc2[N+](=O)[O-])n1. The van der Waals surface area contributed by atoms with Crippen LogP contribution in [0.25, 0.3) is 0 Å². The van der Waals surface area contributed by atoms with Gasteiger partial charge in [-0.25, -0.2) is 4.98 Å². The Morgan fingerprint density at radius 1 is 1.31 bits per heavy atom. The molecule has 7 nitrogen and oxygen atoms in total. The summed E-state index contributed by atoms with van der Waals surface area (Å²) in [5, 5.41) is 25.5. The average molecular weight is 387 g/mol. The number of benzene rings is 2. The van der Waals surface area contributed by atoms with Gasteiger partial charge in [0.15, 0.2) is 4.34 Å². The first-order valence-electron chi connectivity index (χ1n) is 7.42. The number of nitro benzene ring substituents is 1. The number of anilines is 1. The van der Waals surface area contributed by atoms with Crippen molar-refractivity contribution in [2.45, 2.75) is 16.2 Å². The molecule has 26 heavy (non-hydrogen) atoms. The van der Waals surface area contributed by atoms with Crippen molar-refractivity contribution < 1.29 is 14.8 Å². The summed E-state index contributed by atoms with van der Waals surface area (Å²) in [5.74, 6) is -0.627. The monoisotopic (exact) mass is 387 g/mol. The van der Waals surface area contributed by atoms with Crippen LogP contribution in [0, 0.1) is 17.0 Å². The van der Waals surface area contributed by atoms with E-state index in [0.717, 1.165) is 5.69 Å². The first-order chi connectivity index (χ1) is 12.4. The molecular formula is C17H13N3O4S2. The van der Waals surface area contributed by atoms with Crippen molar-refractivity contribution in [2.24, 2.45) is 0 Å². The quantitative estimate of drug-likeness (QED) is 0.380. The molecule has 3 aromatic rings. The number of amides is 1. The fourth-order valence-electron chi connectivity index (χ4n) is 2.13. The molecule has 132 valence electrons. The Morgan fingerprint density at radius 2 is 2.08 bits per heavy atom. The Morgan fingerprint density at radius 3 is 2.73 bits per heavy atom. The molecule has 0 saturated carbocycles. The number of thiazole rings is 1. The predicted molar refractivity (Wildman–Crippen MR) is 100 cm³/mol. The zero-order chi connectivity index (χ0) is 18.7. The van der Waals surface area contributed by atoms with Crippen molar-refractivity contribution in [2.75, 3.05) is 5.32 Å². The number of aromatic hydroxyl groups is 1. The van der Waals surface area contributed by atoms with Crippen LogP contribution >= 0.6 is 23.1 Å². The van der Waals surface area contributed by atoms with Gasteiger partial charge in [0.1, 0.15) is 5.75 Å². The van der Waals surface area contributed by atoms with E-state index in [1.165, 1.54) is 53.4 Å². The largest absolute Gasteiger partial charge is 0.506 e. The van der Waals surface area contributed by atoms with Gasteiger partial charge in [-0.05, 0) is 31.2 Å². The fraction of sp³-hybridized carbons (Fsp3) is 0.0588. The third-order valence-corrected chi connectivity index (χ3v) is 5.49. The first kappa shape index (κ1) is 17.9. The van der Waals surface area contributed by atoms with Gasteiger partial charge in [0, 0.05) is 22.7 Å². The molecule has 9 heteroatoms. The second kappa shape index (κ2) is 7.54. The number of aromatic nitrogens is 1. The number of phenolic OH excluding ortho intramolecular Hbond substituents is 1. The smallest absolute Gasteiger partial charge is 0.284 e. The van der Waals surface area contributed by atoms with Gasteiger partial charge in [-0.15, -0.1) is 11.3 Å². The number of rotatable bonds is 5. The number of aryl methyl sites for hydroxylation is 1. The van der Waals surface area contributed by atoms with Gasteiger partial charge in [-0.3, -0.25) is 14.9 Å². The van der Waals surface area contributed by atoms with E-state index in [4.69, 9.17) is 0 Å². The van der Waals surface area contributed by atoms with Crippen LogP contribution in [-0.2, 0) is 0 Å². The maximum atomic E-state index is 12.4. The summed E-state index contributed by atoms with van der Waals surface area (Å²) in [4.78, 5) is 27.9. The van der Waals surface area contributed by atoms with Gasteiger partial charge < -0.3 is 10.4 Å². The summed E-state index contributed by atoms with van der Waals surface area (Å²) in [6.07, 6.45) is 0. The van der Waals surface area contributed by atoms with Crippen LogP contribution in [0.4, 0.5) is 11.4 Å². The van der Waals surface area contributed by atoms with E-state index < -0.39 is 10.8 Å². The van der Waals surface area contributed by atoms with Crippen molar-refractivity contribution in [3.8, 4) is 5.75 Å². The van der Waals surface area contributed by atoms with Crippen molar-refractivity contribution in [3.63, 3.8) is 0 Å². The minimum absolute atomic E-state index is 0.0818. The number of hydrogen-bond acceptors (Lipinski definition) is 7. The molecule has 3 rings (SSSR count). The van der Waals surface area contributed by atoms with Gasteiger partial charge in [-0.1, -0.05) is 23.9 Å². The lowest BCUT2D eigenvalue weighted by Gasteiger charge is -2.08. The number of nitrogens with zero attached hydrogens (tertiary/aromatic N) is 2. The van der Waals surface area contributed by atoms with Crippen LogP contribution in [0.2, 0.25) is 0 Å². The van der Waals surface area contributed by atoms with E-state index in [9.17, 15) is 20.0 Å². The van der Waals surface area contributed by atoms with Crippen LogP contribution in [0.3, 0.4) is 0 Å². The number of hydrogen-bond donors (Lipinski definition) is 2. The van der Waals surface area contributed by atoms with Crippen LogP contribution in [-0.4, -0.2) is 20.9 Å². The topological polar surface area (TPSA) is 105 Å². The van der Waals surface area contributed by atoms with Gasteiger partial charge in [0.2, 0.25) is 0 Å². The highest BCUT2D eigenvalue weighted by Crippen LogP contribution is 2.37. The summed E-state index contributed by atoms with van der Waals surface area (Å²) in [7, 11) is 0. The van der Waals surface area contributed by atoms with Crippen LogP contribution in [0.5, 0.6) is 5.75 Å². The molecule has 2 N–H and O–H groups in total. The van der Waals surface area contributed by atoms with E-state index in [2.05, 4.69) is 10.3 Å². The van der Waals surface area contributed by atoms with E-state index in [1.807, 2.05) is 12.3 Å². The lowest BCUT2D eigenvalue weighted by molar-refractivity contribution is -0.387. The highest BCUT2D eigenvalue weighted by molar-refractivity contribution is 8.01. The summed E-state index contributed by atoms with van der Waals surface area (Å²) >= 11 is 2.59. The number of phenols is 1. The molecule has 0 aliphatic rings. The molecule has 0 spiro atoms. The van der Waals surface area contributed by atoms with Gasteiger partial charge in [0.25, 0.3) is 11.6 Å². The molecule has 2 aromatic carbocycles. The Balaban J connectivity index is 1.87. The molecule has 0 radical (unpaired) electrons. The maximum Gasteiger partial charge on any atom is 0.284 e. The molecule has 0 aliphatic heterocycles. The molecule has 0 unspecified atom stereocenters. The Kier molecular flexibility index (Phi) is 5.19. The Labute approximate surface area is 156 Å². The highest BCUT2D eigenvalue weighted by Gasteiger charge is 2.20. The second-order valence-corrected chi connectivity index (χ2v) is 7.41. The average Bonchev–Trinajstić information content (AvgIpc) is 3.02. The first-order valence-corrected chi connectivity index (χ1v) is 9.11. The molecular weight excluding hydrogens is 374 g/mol. The van der Waals surface area contributed by atoms with E-state index >= 15 is 0 Å². The molecule has 1 aromatic heterocycles. The van der Waals surface area contributed by atoms with Gasteiger partial charge in [-0.2, -0.15) is 0 Å². The Bertz CT molecular complexity index is 988. The third kappa shape index (κ3) is 4.01. The van der Waals surface area contributed by atoms with Crippen molar-refractivity contribution in [1.82, 2.24) is 4.98 Å². The summed E-state index contributed by atoms with van der Waals surface area (Å²) in [6.45, 7) is 1.85. The zero-order valence-corrected chi connectivity index (χ0v) is 15.1. The standard InChI is InChI=1S/C17H13N3O4S2/c1-10-9-25-17(18-10)26-15-7-6-11(8-13(15)20(23)24)16(22)19-12-4-2-3-5-14(12)21/h2-9,21H,1H3,(H,19,22). The van der Waals surface area contributed by atoms with Gasteiger partial charge in [0.05, 0.1) is 15.5 Å². The molecule has 0 fully saturated rings. The molecule has 0 aliphatic carbocycles. The Hall–Kier alpha value is -2.91. The summed E-state index contributed by atoms with van der Waals surface area (Å²) < 4.78 is 0.692. The van der Waals surface area contributed by atoms with Crippen molar-refractivity contribution >= 4 is 40.4 Å². The van der Waals surface area contributed by atoms with Crippen LogP contribution in [0.15, 0.2) is 57.1 Å². The molecule has 1 amide bonds. The number of carbonyl (C=O) groups excluding carboxylic acids is 1.